The van der Waals surface area contributed by atoms with Crippen molar-refractivity contribution in [2.45, 2.75) is 12.3 Å². The van der Waals surface area contributed by atoms with Gasteiger partial charge in [-0.05, 0) is 32.1 Å². The number of likely N-dealkylation sites (N-methyl/N-ethyl adjacent to an activating group) is 1. The molecule has 1 aliphatic heterocycles. The normalized spacial score (nSPS) is 20.2. The van der Waals surface area contributed by atoms with E-state index in [1.54, 1.807) is 18.3 Å². The van der Waals surface area contributed by atoms with Crippen molar-refractivity contribution in [2.75, 3.05) is 20.1 Å². The van der Waals surface area contributed by atoms with Crippen LogP contribution in [-0.2, 0) is 0 Å². The van der Waals surface area contributed by atoms with Crippen LogP contribution in [0.5, 0.6) is 0 Å². The second-order valence-corrected chi connectivity index (χ2v) is 5.34. The predicted octanol–water partition coefficient (Wildman–Crippen LogP) is 2.10. The molecule has 1 atom stereocenters. The first-order valence-electron chi connectivity index (χ1n) is 6.15. The molecular weight excluding hydrogens is 266 g/mol. The van der Waals surface area contributed by atoms with Gasteiger partial charge in [0.2, 0.25) is 0 Å². The number of rotatable bonds is 2. The third-order valence-electron chi connectivity index (χ3n) is 3.62. The molecule has 1 aliphatic rings. The van der Waals surface area contributed by atoms with E-state index in [1.165, 1.54) is 0 Å². The fraction of sp³-hybridized carbons (Fsp3) is 0.385. The fourth-order valence-electron chi connectivity index (χ4n) is 2.63. The predicted molar refractivity (Wildman–Crippen MR) is 72.0 cm³/mol. The Morgan fingerprint density at radius 2 is 2.32 bits per heavy atom. The smallest absolute Gasteiger partial charge is 0.337 e. The van der Waals surface area contributed by atoms with Gasteiger partial charge in [0, 0.05) is 18.7 Å². The molecule has 1 N–H and O–H groups in total. The van der Waals surface area contributed by atoms with Crippen LogP contribution in [0.25, 0.3) is 5.52 Å². The summed E-state index contributed by atoms with van der Waals surface area (Å²) < 4.78 is 1.82. The number of carbonyl (C=O) groups is 1. The summed E-state index contributed by atoms with van der Waals surface area (Å²) in [5.74, 6) is 0.211. The zero-order chi connectivity index (χ0) is 13.6. The summed E-state index contributed by atoms with van der Waals surface area (Å²) in [7, 11) is 2.07. The molecule has 1 unspecified atom stereocenters. The van der Waals surface area contributed by atoms with Crippen LogP contribution in [0.15, 0.2) is 18.3 Å². The van der Waals surface area contributed by atoms with E-state index >= 15 is 0 Å². The van der Waals surface area contributed by atoms with E-state index in [2.05, 4.69) is 16.9 Å². The highest BCUT2D eigenvalue weighted by Gasteiger charge is 2.26. The fourth-order valence-corrected chi connectivity index (χ4v) is 2.87. The first-order valence-corrected chi connectivity index (χ1v) is 6.53. The standard InChI is InChI=1S/C13H14ClN3O2/c1-16-5-4-8(6-16)12-15-11(14)10-3-2-9(13(18)19)7-17(10)12/h2-3,7-8H,4-6H2,1H3,(H,18,19). The van der Waals surface area contributed by atoms with E-state index in [1.807, 2.05) is 4.40 Å². The van der Waals surface area contributed by atoms with Gasteiger partial charge in [0.15, 0.2) is 5.15 Å². The summed E-state index contributed by atoms with van der Waals surface area (Å²) >= 11 is 6.13. The maximum Gasteiger partial charge on any atom is 0.337 e. The van der Waals surface area contributed by atoms with Gasteiger partial charge in [-0.15, -0.1) is 0 Å². The number of nitrogens with zero attached hydrogens (tertiary/aromatic N) is 3. The number of likely N-dealkylation sites (tertiary alicyclic amines) is 1. The summed E-state index contributed by atoms with van der Waals surface area (Å²) in [5.41, 5.74) is 1.00. The Morgan fingerprint density at radius 3 is 2.95 bits per heavy atom. The van der Waals surface area contributed by atoms with Crippen molar-refractivity contribution in [3.05, 3.63) is 34.9 Å². The highest BCUT2D eigenvalue weighted by molar-refractivity contribution is 6.32. The van der Waals surface area contributed by atoms with E-state index in [4.69, 9.17) is 16.7 Å². The van der Waals surface area contributed by atoms with Crippen molar-refractivity contribution in [2.24, 2.45) is 0 Å². The maximum atomic E-state index is 11.1. The lowest BCUT2D eigenvalue weighted by Gasteiger charge is -2.09. The number of imidazole rings is 1. The monoisotopic (exact) mass is 279 g/mol. The Kier molecular flexibility index (Phi) is 2.95. The van der Waals surface area contributed by atoms with Gasteiger partial charge in [-0.25, -0.2) is 9.78 Å². The van der Waals surface area contributed by atoms with E-state index in [-0.39, 0.29) is 5.56 Å². The summed E-state index contributed by atoms with van der Waals surface area (Å²) in [6.07, 6.45) is 2.62. The number of halogens is 1. The van der Waals surface area contributed by atoms with Crippen molar-refractivity contribution < 1.29 is 9.90 Å². The molecule has 2 aromatic rings. The lowest BCUT2D eigenvalue weighted by atomic mass is 10.1. The molecule has 3 rings (SSSR count). The molecule has 0 aromatic carbocycles. The number of aromatic carboxylic acids is 1. The van der Waals surface area contributed by atoms with Gasteiger partial charge in [-0.2, -0.15) is 0 Å². The maximum absolute atomic E-state index is 11.1. The Bertz CT molecular complexity index is 653. The number of carboxylic acids is 1. The Labute approximate surface area is 115 Å². The summed E-state index contributed by atoms with van der Waals surface area (Å²) in [6, 6.07) is 3.26. The Hall–Kier alpha value is -1.59. The van der Waals surface area contributed by atoms with Gasteiger partial charge < -0.3 is 14.4 Å². The van der Waals surface area contributed by atoms with Crippen LogP contribution in [0.2, 0.25) is 5.15 Å². The average Bonchev–Trinajstić information content (AvgIpc) is 2.93. The van der Waals surface area contributed by atoms with E-state index in [0.29, 0.717) is 11.1 Å². The number of fused-ring (bicyclic) bond motifs is 1. The second kappa shape index (κ2) is 4.51. The lowest BCUT2D eigenvalue weighted by Crippen LogP contribution is -2.14. The first kappa shape index (κ1) is 12.4. The molecule has 0 saturated carbocycles. The van der Waals surface area contributed by atoms with Gasteiger partial charge in [-0.1, -0.05) is 11.6 Å². The van der Waals surface area contributed by atoms with Crippen LogP contribution in [-0.4, -0.2) is 45.5 Å². The minimum absolute atomic E-state index is 0.245. The van der Waals surface area contributed by atoms with Crippen LogP contribution in [0.4, 0.5) is 0 Å². The van der Waals surface area contributed by atoms with Gasteiger partial charge in [0.1, 0.15) is 5.82 Å². The van der Waals surface area contributed by atoms with Crippen LogP contribution in [0.3, 0.4) is 0 Å². The molecule has 6 heteroatoms. The van der Waals surface area contributed by atoms with Crippen molar-refractivity contribution >= 4 is 23.1 Å². The largest absolute Gasteiger partial charge is 0.478 e. The first-order chi connectivity index (χ1) is 9.06. The van der Waals surface area contributed by atoms with Gasteiger partial charge in [-0.3, -0.25) is 0 Å². The molecule has 0 aliphatic carbocycles. The van der Waals surface area contributed by atoms with Crippen molar-refractivity contribution in [3.63, 3.8) is 0 Å². The van der Waals surface area contributed by atoms with Gasteiger partial charge in [0.05, 0.1) is 11.1 Å². The highest BCUT2D eigenvalue weighted by atomic mass is 35.5. The molecule has 0 amide bonds. The summed E-state index contributed by atoms with van der Waals surface area (Å²) in [5, 5.41) is 9.51. The highest BCUT2D eigenvalue weighted by Crippen LogP contribution is 2.29. The number of carboxylic acid groups (broad SMARTS) is 1. The van der Waals surface area contributed by atoms with Crippen LogP contribution in [0.1, 0.15) is 28.5 Å². The quantitative estimate of drug-likeness (QED) is 0.915. The van der Waals surface area contributed by atoms with Crippen molar-refractivity contribution in [1.82, 2.24) is 14.3 Å². The zero-order valence-electron chi connectivity index (χ0n) is 10.5. The van der Waals surface area contributed by atoms with Crippen molar-refractivity contribution in [3.8, 4) is 0 Å². The van der Waals surface area contributed by atoms with E-state index in [9.17, 15) is 4.79 Å². The minimum Gasteiger partial charge on any atom is -0.478 e. The second-order valence-electron chi connectivity index (χ2n) is 4.99. The van der Waals surface area contributed by atoms with E-state index < -0.39 is 5.97 Å². The molecule has 1 fully saturated rings. The minimum atomic E-state index is -0.943. The number of hydrogen-bond donors (Lipinski definition) is 1. The van der Waals surface area contributed by atoms with Crippen LogP contribution >= 0.6 is 11.6 Å². The molecular formula is C13H14ClN3O2. The van der Waals surface area contributed by atoms with Crippen molar-refractivity contribution in [1.29, 1.82) is 0 Å². The Morgan fingerprint density at radius 1 is 1.53 bits per heavy atom. The molecule has 0 spiro atoms. The molecule has 1 saturated heterocycles. The molecule has 0 bridgehead atoms. The van der Waals surface area contributed by atoms with E-state index in [0.717, 1.165) is 30.9 Å². The topological polar surface area (TPSA) is 57.8 Å². The summed E-state index contributed by atoms with van der Waals surface area (Å²) in [4.78, 5) is 17.7. The molecule has 19 heavy (non-hydrogen) atoms. The molecule has 2 aromatic heterocycles. The van der Waals surface area contributed by atoms with Gasteiger partial charge >= 0.3 is 5.97 Å². The zero-order valence-corrected chi connectivity index (χ0v) is 11.3. The van der Waals surface area contributed by atoms with Gasteiger partial charge in [0.25, 0.3) is 0 Å². The average molecular weight is 280 g/mol. The molecule has 0 radical (unpaired) electrons. The Balaban J connectivity index is 2.13. The number of pyridine rings is 1. The third kappa shape index (κ3) is 2.09. The molecule has 3 heterocycles. The number of aromatic nitrogens is 2. The lowest BCUT2D eigenvalue weighted by molar-refractivity contribution is 0.0696. The third-order valence-corrected chi connectivity index (χ3v) is 3.90. The SMILES string of the molecule is CN1CCC(c2nc(Cl)c3ccc(C(=O)O)cn23)C1. The van der Waals surface area contributed by atoms with Crippen LogP contribution < -0.4 is 0 Å². The summed E-state index contributed by atoms with van der Waals surface area (Å²) in [6.45, 7) is 1.95. The molecule has 5 nitrogen and oxygen atoms in total. The van der Waals surface area contributed by atoms with Crippen LogP contribution in [0, 0.1) is 0 Å². The number of hydrogen-bond acceptors (Lipinski definition) is 3. The molecule has 100 valence electrons.